The number of nitrogens with one attached hydrogen (secondary N) is 3. The van der Waals surface area contributed by atoms with E-state index in [-0.39, 0.29) is 13.3 Å². The van der Waals surface area contributed by atoms with Gasteiger partial charge in [-0.05, 0) is 130 Å². The second-order valence-electron chi connectivity index (χ2n) is 18.6. The highest BCUT2D eigenvalue weighted by Crippen LogP contribution is 2.38. The van der Waals surface area contributed by atoms with Crippen molar-refractivity contribution in [2.45, 2.75) is 32.0 Å². The van der Waals surface area contributed by atoms with Crippen LogP contribution in [0.5, 0.6) is 11.8 Å². The van der Waals surface area contributed by atoms with E-state index in [1.807, 2.05) is 72.8 Å². The van der Waals surface area contributed by atoms with Crippen LogP contribution in [0.25, 0.3) is 67.0 Å². The van der Waals surface area contributed by atoms with Crippen LogP contribution in [0.4, 0.5) is 22.7 Å². The molecule has 0 atom stereocenters. The summed E-state index contributed by atoms with van der Waals surface area (Å²) >= 11 is 17.5. The summed E-state index contributed by atoms with van der Waals surface area (Å²) in [6.07, 6.45) is 3.41. The Morgan fingerprint density at radius 1 is 0.545 bits per heavy atom. The van der Waals surface area contributed by atoms with Gasteiger partial charge in [0.05, 0.1) is 58.7 Å². The second kappa shape index (κ2) is 26.5. The molecule has 0 spiro atoms. The highest BCUT2D eigenvalue weighted by atomic mass is 35.6. The number of pyridine rings is 2. The molecule has 0 amide bonds. The molecule has 0 saturated carbocycles. The van der Waals surface area contributed by atoms with Crippen LogP contribution < -0.4 is 30.7 Å². The van der Waals surface area contributed by atoms with Crippen molar-refractivity contribution in [1.82, 2.24) is 54.6 Å². The number of aromatic nitrogens is 8. The van der Waals surface area contributed by atoms with Gasteiger partial charge in [-0.15, -0.1) is 0 Å². The van der Waals surface area contributed by atoms with Gasteiger partial charge in [-0.3, -0.25) is 0 Å². The third-order valence-corrected chi connectivity index (χ3v) is 14.2. The summed E-state index contributed by atoms with van der Waals surface area (Å²) in [4.78, 5) is 44.0. The van der Waals surface area contributed by atoms with Crippen molar-refractivity contribution >= 4 is 90.7 Å². The molecule has 11 rings (SSSR count). The molecule has 9 aromatic rings. The number of methoxy groups -OCH3 is 2. The first-order chi connectivity index (χ1) is 36.7. The van der Waals surface area contributed by atoms with E-state index in [4.69, 9.17) is 65.7 Å². The van der Waals surface area contributed by atoms with Crippen LogP contribution in [0.3, 0.4) is 0 Å². The van der Waals surface area contributed by atoms with Crippen LogP contribution in [-0.2, 0) is 3.79 Å². The average molecular weight is 1110 g/mol. The number of piperazine rings is 2. The lowest BCUT2D eigenvalue weighted by Gasteiger charge is -2.34. The number of nitrogens with two attached hydrogens (primary N) is 2. The van der Waals surface area contributed by atoms with Crippen molar-refractivity contribution in [2.24, 2.45) is 0 Å². The number of aromatic amines is 3. The van der Waals surface area contributed by atoms with E-state index < -0.39 is 3.79 Å². The van der Waals surface area contributed by atoms with Gasteiger partial charge in [-0.1, -0.05) is 75.1 Å². The Hall–Kier alpha value is -6.86. The molecule has 0 unspecified atom stereocenters. The maximum absolute atomic E-state index is 5.84. The van der Waals surface area contributed by atoms with Gasteiger partial charge < -0.3 is 60.4 Å². The summed E-state index contributed by atoms with van der Waals surface area (Å²) in [6.45, 7) is 18.7. The van der Waals surface area contributed by atoms with E-state index >= 15 is 0 Å². The number of H-pyrrole nitrogens is 3. The lowest BCUT2D eigenvalue weighted by Crippen LogP contribution is -2.44. The molecule has 2 aliphatic rings. The Morgan fingerprint density at radius 3 is 1.42 bits per heavy atom. The minimum atomic E-state index is -1.58. The number of rotatable bonds is 10. The molecule has 2 saturated heterocycles. The Bertz CT molecular complexity index is 3310. The Morgan fingerprint density at radius 2 is 0.974 bits per heavy atom. The van der Waals surface area contributed by atoms with Crippen molar-refractivity contribution in [3.8, 4) is 45.7 Å². The number of anilines is 4. The van der Waals surface area contributed by atoms with Gasteiger partial charge in [-0.2, -0.15) is 0 Å². The predicted molar refractivity (Wildman–Crippen MR) is 321 cm³/mol. The van der Waals surface area contributed by atoms with Crippen molar-refractivity contribution in [3.63, 3.8) is 0 Å². The fraction of sp³-hybridized carbons (Fsp3) is 0.351. The third kappa shape index (κ3) is 14.4. The fourth-order valence-electron chi connectivity index (χ4n) is 9.01. The number of likely N-dealkylation sites (N-methyl/N-ethyl adjacent to an activating group) is 2. The smallest absolute Gasteiger partial charge is 0.248 e. The molecule has 2 aliphatic heterocycles. The second-order valence-corrected chi connectivity index (χ2v) is 20.8. The minimum Gasteiger partial charge on any atom is -0.481 e. The largest absolute Gasteiger partial charge is 0.481 e. The van der Waals surface area contributed by atoms with Crippen LogP contribution in [0, 0.1) is 0 Å². The lowest BCUT2D eigenvalue weighted by molar-refractivity contribution is 0.313. The molecular weight excluding hydrogens is 1030 g/mol. The van der Waals surface area contributed by atoms with Gasteiger partial charge in [0.25, 0.3) is 0 Å². The number of hydrogen-bond donors (Lipinski definition) is 5. The first-order valence-electron chi connectivity index (χ1n) is 25.5. The van der Waals surface area contributed by atoms with E-state index in [0.717, 1.165) is 119 Å². The maximum Gasteiger partial charge on any atom is 0.248 e. The summed E-state index contributed by atoms with van der Waals surface area (Å²) in [7, 11) is 7.54. The SMILES string of the molecule is C.CCN(CC)CC.CN1CCN(c2ccc(N)c(N)c2)CC1.COc1ncccc1-c1ccc2nc(-c3nc4ccc(N5CCN(C)CC5)cc4[nH]3)[nH]c2c1.COc1ncccc1-c1ccc2nc(C(Cl)(Cl)Cl)[nH]c2c1. The zero-order chi connectivity index (χ0) is 53.9. The topological polar surface area (TPSA) is 199 Å². The van der Waals surface area contributed by atoms with Gasteiger partial charge in [-0.25, -0.2) is 24.9 Å². The van der Waals surface area contributed by atoms with Gasteiger partial charge >= 0.3 is 0 Å². The first kappa shape index (κ1) is 57.8. The summed E-state index contributed by atoms with van der Waals surface area (Å²) in [6, 6.07) is 31.8. The molecule has 77 heavy (non-hydrogen) atoms. The van der Waals surface area contributed by atoms with Crippen LogP contribution in [0.15, 0.2) is 109 Å². The summed E-state index contributed by atoms with van der Waals surface area (Å²) in [5, 5.41) is 0. The standard InChI is InChI=1S/C25H25N7O.C14H10Cl3N3O.C11H18N4.C6H15N.CH4/c1-31-10-12-32(13-11-31)17-6-8-20-22(15-17)30-24(28-20)23-27-19-7-5-16(14-21(19)29-23)18-4-3-9-26-25(18)33-2;1-21-12-9(3-2-6-18-12)8-4-5-10-11(7-8)20-13(19-10)14(15,16)17;1-14-4-6-15(7-5-14)9-2-3-10(12)11(13)8-9;1-4-7(5-2)6-3;/h3-9,14-15H,10-13H2,1-2H3,(H,27,29)(H,28,30);2-7H,1H3,(H,19,20);2-3,8H,4-7,12-13H2,1H3;4-6H2,1-3H3;1H4. The molecule has 5 aromatic heterocycles. The molecular formula is C57H72Cl3N15O2. The zero-order valence-corrected chi connectivity index (χ0v) is 46.5. The normalized spacial score (nSPS) is 14.1. The Labute approximate surface area is 466 Å². The minimum absolute atomic E-state index is 0. The summed E-state index contributed by atoms with van der Waals surface area (Å²) < 4.78 is 9.11. The van der Waals surface area contributed by atoms with Crippen molar-refractivity contribution in [3.05, 3.63) is 115 Å². The number of imidazole rings is 3. The van der Waals surface area contributed by atoms with Gasteiger partial charge in [0.1, 0.15) is 0 Å². The number of nitrogen functional groups attached to an aromatic ring is 2. The lowest BCUT2D eigenvalue weighted by atomic mass is 10.1. The maximum atomic E-state index is 5.84. The summed E-state index contributed by atoms with van der Waals surface area (Å²) in [5.41, 5.74) is 24.3. The van der Waals surface area contributed by atoms with E-state index in [2.05, 4.69) is 114 Å². The van der Waals surface area contributed by atoms with E-state index in [9.17, 15) is 0 Å². The molecule has 7 heterocycles. The van der Waals surface area contributed by atoms with Gasteiger partial charge in [0.15, 0.2) is 17.5 Å². The first-order valence-corrected chi connectivity index (χ1v) is 26.6. The molecule has 408 valence electrons. The van der Waals surface area contributed by atoms with Gasteiger partial charge in [0, 0.05) is 87.3 Å². The zero-order valence-electron chi connectivity index (χ0n) is 44.2. The molecule has 4 aromatic carbocycles. The molecule has 0 bridgehead atoms. The predicted octanol–water partition coefficient (Wildman–Crippen LogP) is 11.0. The Balaban J connectivity index is 0.000000168. The monoisotopic (exact) mass is 1100 g/mol. The number of alkyl halides is 3. The number of fused-ring (bicyclic) bond motifs is 3. The number of nitrogens with zero attached hydrogens (tertiary/aromatic N) is 10. The van der Waals surface area contributed by atoms with Crippen LogP contribution in [0.2, 0.25) is 0 Å². The molecule has 0 radical (unpaired) electrons. The average Bonchev–Trinajstić information content (AvgIpc) is 4.22. The number of halogens is 3. The van der Waals surface area contributed by atoms with Crippen molar-refractivity contribution in [2.75, 3.05) is 122 Å². The number of ether oxygens (including phenoxy) is 2. The quantitative estimate of drug-likeness (QED) is 0.0640. The highest BCUT2D eigenvalue weighted by Gasteiger charge is 2.27. The van der Waals surface area contributed by atoms with E-state index in [0.29, 0.717) is 23.1 Å². The molecule has 0 aliphatic carbocycles. The third-order valence-electron chi connectivity index (χ3n) is 13.6. The summed E-state index contributed by atoms with van der Waals surface area (Å²) in [5.74, 6) is 2.90. The van der Waals surface area contributed by atoms with Gasteiger partial charge in [0.2, 0.25) is 15.6 Å². The molecule has 7 N–H and O–H groups in total. The Kier molecular flexibility index (Phi) is 19.9. The molecule has 2 fully saturated rings. The van der Waals surface area contributed by atoms with Crippen LogP contribution in [-0.4, -0.2) is 155 Å². The number of benzene rings is 4. The van der Waals surface area contributed by atoms with E-state index in [1.54, 1.807) is 26.6 Å². The van der Waals surface area contributed by atoms with Crippen molar-refractivity contribution < 1.29 is 9.47 Å². The van der Waals surface area contributed by atoms with Crippen LogP contribution >= 0.6 is 34.8 Å². The van der Waals surface area contributed by atoms with E-state index in [1.165, 1.54) is 31.0 Å². The molecule has 17 nitrogen and oxygen atoms in total. The van der Waals surface area contributed by atoms with Crippen LogP contribution in [0.1, 0.15) is 34.0 Å². The van der Waals surface area contributed by atoms with Crippen molar-refractivity contribution in [1.29, 1.82) is 0 Å². The number of hydrogen-bond acceptors (Lipinski definition) is 14. The molecule has 20 heteroatoms. The highest BCUT2D eigenvalue weighted by molar-refractivity contribution is 6.66. The fourth-order valence-corrected chi connectivity index (χ4v) is 9.28.